The van der Waals surface area contributed by atoms with Crippen molar-refractivity contribution in [3.05, 3.63) is 35.9 Å². The Hall–Kier alpha value is -2.48. The molecule has 2 aromatic rings. The van der Waals surface area contributed by atoms with Gasteiger partial charge in [0.1, 0.15) is 18.3 Å². The smallest absolute Gasteiger partial charge is 0.160 e. The normalized spacial score (nSPS) is 12.2. The zero-order valence-electron chi connectivity index (χ0n) is 18.2. The summed E-state index contributed by atoms with van der Waals surface area (Å²) < 4.78 is 34.0. The van der Waals surface area contributed by atoms with Gasteiger partial charge in [0, 0.05) is 19.7 Å². The molecule has 0 saturated heterocycles. The first-order valence-corrected chi connectivity index (χ1v) is 10.4. The van der Waals surface area contributed by atoms with Crippen molar-refractivity contribution in [2.75, 3.05) is 51.8 Å². The number of hydrogen-bond acceptors (Lipinski definition) is 7. The number of fused-ring (bicyclic) bond motifs is 2. The third kappa shape index (κ3) is 4.98. The van der Waals surface area contributed by atoms with Gasteiger partial charge in [-0.3, -0.25) is 0 Å². The zero-order chi connectivity index (χ0) is 21.3. The molecule has 7 nitrogen and oxygen atoms in total. The van der Waals surface area contributed by atoms with Gasteiger partial charge in [-0.1, -0.05) is 0 Å². The molecule has 30 heavy (non-hydrogen) atoms. The molecule has 2 aromatic carbocycles. The van der Waals surface area contributed by atoms with E-state index in [1.807, 2.05) is 44.2 Å². The molecular formula is C23H31NO6. The van der Waals surface area contributed by atoms with E-state index in [1.54, 1.807) is 7.11 Å². The largest absolute Gasteiger partial charge is 0.494 e. The van der Waals surface area contributed by atoms with E-state index in [0.29, 0.717) is 33.0 Å². The molecule has 0 bridgehead atoms. The van der Waals surface area contributed by atoms with Crippen molar-refractivity contribution in [3.63, 3.8) is 0 Å². The fourth-order valence-corrected chi connectivity index (χ4v) is 3.39. The summed E-state index contributed by atoms with van der Waals surface area (Å²) in [7, 11) is 1.64. The first kappa shape index (κ1) is 22.2. The maximum absolute atomic E-state index is 6.37. The van der Waals surface area contributed by atoms with E-state index in [2.05, 4.69) is 11.8 Å². The lowest BCUT2D eigenvalue weighted by Gasteiger charge is -2.33. The minimum atomic E-state index is 0.168. The van der Waals surface area contributed by atoms with Gasteiger partial charge in [0.05, 0.1) is 50.0 Å². The zero-order valence-corrected chi connectivity index (χ0v) is 18.2. The van der Waals surface area contributed by atoms with E-state index in [0.717, 1.165) is 46.5 Å². The maximum atomic E-state index is 6.37. The molecule has 0 aliphatic carbocycles. The number of methoxy groups -OCH3 is 1. The van der Waals surface area contributed by atoms with Crippen LogP contribution in [0.3, 0.4) is 0 Å². The molecule has 0 amide bonds. The van der Waals surface area contributed by atoms with Gasteiger partial charge in [0.15, 0.2) is 11.5 Å². The van der Waals surface area contributed by atoms with Crippen molar-refractivity contribution in [1.82, 2.24) is 0 Å². The predicted molar refractivity (Wildman–Crippen MR) is 115 cm³/mol. The predicted octanol–water partition coefficient (Wildman–Crippen LogP) is 4.88. The van der Waals surface area contributed by atoms with E-state index in [1.165, 1.54) is 0 Å². The molecule has 0 fully saturated rings. The quantitative estimate of drug-likeness (QED) is 0.360. The van der Waals surface area contributed by atoms with Crippen LogP contribution in [-0.2, 0) is 20.8 Å². The molecule has 0 N–H and O–H groups in total. The molecule has 0 radical (unpaired) electrons. The fraction of sp³-hybridized carbons (Fsp3) is 0.478. The van der Waals surface area contributed by atoms with Crippen molar-refractivity contribution in [2.24, 2.45) is 0 Å². The minimum absolute atomic E-state index is 0.168. The molecule has 0 saturated carbocycles. The molecule has 1 heterocycles. The lowest BCUT2D eigenvalue weighted by atomic mass is 10.1. The van der Waals surface area contributed by atoms with Crippen molar-refractivity contribution in [3.8, 4) is 23.0 Å². The van der Waals surface area contributed by atoms with Crippen LogP contribution in [0.15, 0.2) is 30.3 Å². The van der Waals surface area contributed by atoms with Crippen LogP contribution < -0.4 is 19.1 Å². The van der Waals surface area contributed by atoms with E-state index in [4.69, 9.17) is 28.4 Å². The summed E-state index contributed by atoms with van der Waals surface area (Å²) in [5, 5.41) is 0. The second kappa shape index (κ2) is 11.1. The summed E-state index contributed by atoms with van der Waals surface area (Å²) in [5.74, 6) is 3.01. The van der Waals surface area contributed by atoms with Gasteiger partial charge in [-0.2, -0.15) is 0 Å². The van der Waals surface area contributed by atoms with Crippen molar-refractivity contribution in [2.45, 2.75) is 27.4 Å². The summed E-state index contributed by atoms with van der Waals surface area (Å²) >= 11 is 0. The van der Waals surface area contributed by atoms with Gasteiger partial charge in [-0.15, -0.1) is 0 Å². The summed E-state index contributed by atoms with van der Waals surface area (Å²) in [6.45, 7) is 9.48. The minimum Gasteiger partial charge on any atom is -0.494 e. The fourth-order valence-electron chi connectivity index (χ4n) is 3.39. The van der Waals surface area contributed by atoms with Crippen molar-refractivity contribution >= 4 is 11.4 Å². The van der Waals surface area contributed by atoms with Crippen LogP contribution >= 0.6 is 0 Å². The summed E-state index contributed by atoms with van der Waals surface area (Å²) in [6.07, 6.45) is 0. The van der Waals surface area contributed by atoms with Crippen LogP contribution in [0, 0.1) is 0 Å². The van der Waals surface area contributed by atoms with E-state index < -0.39 is 0 Å². The standard InChI is InChI=1S/C23H31NO6/c1-5-24-19-9-8-17(28-6-2)14-22(19)30-23-18(15-27-16-26-13-12-25-4)21(29-7-3)11-10-20(23)24/h8-11,14H,5-7,12-13,15-16H2,1-4H3. The number of rotatable bonds is 12. The van der Waals surface area contributed by atoms with Gasteiger partial charge in [-0.25, -0.2) is 0 Å². The third-order valence-corrected chi connectivity index (χ3v) is 4.69. The highest BCUT2D eigenvalue weighted by atomic mass is 16.7. The van der Waals surface area contributed by atoms with Crippen molar-refractivity contribution in [1.29, 1.82) is 0 Å². The number of ether oxygens (including phenoxy) is 6. The molecule has 1 aliphatic rings. The van der Waals surface area contributed by atoms with Gasteiger partial charge >= 0.3 is 0 Å². The summed E-state index contributed by atoms with van der Waals surface area (Å²) in [5.41, 5.74) is 2.85. The Labute approximate surface area is 178 Å². The van der Waals surface area contributed by atoms with Gasteiger partial charge in [0.25, 0.3) is 0 Å². The van der Waals surface area contributed by atoms with Crippen LogP contribution in [0.25, 0.3) is 0 Å². The Bertz CT molecular complexity index is 826. The van der Waals surface area contributed by atoms with Crippen molar-refractivity contribution < 1.29 is 28.4 Å². The highest BCUT2D eigenvalue weighted by Gasteiger charge is 2.28. The van der Waals surface area contributed by atoms with Gasteiger partial charge < -0.3 is 33.3 Å². The van der Waals surface area contributed by atoms with Crippen LogP contribution in [0.4, 0.5) is 11.4 Å². The molecule has 164 valence electrons. The topological polar surface area (TPSA) is 58.6 Å². The Balaban J connectivity index is 1.90. The third-order valence-electron chi connectivity index (χ3n) is 4.69. The number of hydrogen-bond donors (Lipinski definition) is 0. The van der Waals surface area contributed by atoms with Crippen LogP contribution in [-0.4, -0.2) is 46.9 Å². The lowest BCUT2D eigenvalue weighted by Crippen LogP contribution is -2.21. The second-order valence-electron chi connectivity index (χ2n) is 6.60. The molecule has 0 aromatic heterocycles. The lowest BCUT2D eigenvalue weighted by molar-refractivity contribution is -0.0730. The highest BCUT2D eigenvalue weighted by molar-refractivity contribution is 5.80. The molecule has 7 heteroatoms. The number of anilines is 2. The van der Waals surface area contributed by atoms with E-state index in [-0.39, 0.29) is 6.79 Å². The SMILES string of the molecule is CCOc1ccc2c(c1)Oc1c(ccc(OCC)c1COCOCCOC)N2CC. The van der Waals surface area contributed by atoms with Crippen LogP contribution in [0.5, 0.6) is 23.0 Å². The Kier molecular flexibility index (Phi) is 8.19. The Morgan fingerprint density at radius 1 is 0.900 bits per heavy atom. The monoisotopic (exact) mass is 417 g/mol. The molecule has 0 atom stereocenters. The molecule has 0 spiro atoms. The van der Waals surface area contributed by atoms with Gasteiger partial charge in [-0.05, 0) is 45.0 Å². The highest BCUT2D eigenvalue weighted by Crippen LogP contribution is 2.51. The molecule has 1 aliphatic heterocycles. The maximum Gasteiger partial charge on any atom is 0.160 e. The molecule has 3 rings (SSSR count). The van der Waals surface area contributed by atoms with Crippen LogP contribution in [0.2, 0.25) is 0 Å². The number of benzene rings is 2. The van der Waals surface area contributed by atoms with E-state index in [9.17, 15) is 0 Å². The Morgan fingerprint density at radius 3 is 2.43 bits per heavy atom. The molecule has 0 unspecified atom stereocenters. The first-order chi connectivity index (χ1) is 14.7. The average Bonchev–Trinajstić information content (AvgIpc) is 2.76. The van der Waals surface area contributed by atoms with E-state index >= 15 is 0 Å². The number of nitrogens with zero attached hydrogens (tertiary/aromatic N) is 1. The Morgan fingerprint density at radius 2 is 1.70 bits per heavy atom. The molecular weight excluding hydrogens is 386 g/mol. The summed E-state index contributed by atoms with van der Waals surface area (Å²) in [6, 6.07) is 9.93. The second-order valence-corrected chi connectivity index (χ2v) is 6.60. The van der Waals surface area contributed by atoms with Crippen LogP contribution in [0.1, 0.15) is 26.3 Å². The summed E-state index contributed by atoms with van der Waals surface area (Å²) in [4.78, 5) is 2.22. The average molecular weight is 418 g/mol. The van der Waals surface area contributed by atoms with Gasteiger partial charge in [0.2, 0.25) is 0 Å². The first-order valence-electron chi connectivity index (χ1n) is 10.4.